The predicted octanol–water partition coefficient (Wildman–Crippen LogP) is -0.832. The molecule has 13 heavy (non-hydrogen) atoms. The van der Waals surface area contributed by atoms with Crippen molar-refractivity contribution >= 4 is 6.03 Å². The fourth-order valence-electron chi connectivity index (χ4n) is 0.880. The molecule has 0 radical (unpaired) electrons. The average Bonchev–Trinajstić information content (AvgIpc) is 2.55. The molecule has 0 fully saturated rings. The lowest BCUT2D eigenvalue weighted by molar-refractivity contribution is 0.249. The largest absolute Gasteiger partial charge is 0.352 e. The van der Waals surface area contributed by atoms with Crippen molar-refractivity contribution in [2.75, 3.05) is 13.1 Å². The van der Waals surface area contributed by atoms with Crippen LogP contribution in [0, 0.1) is 0 Å². The van der Waals surface area contributed by atoms with Gasteiger partial charge in [-0.1, -0.05) is 0 Å². The Labute approximate surface area is 75.9 Å². The summed E-state index contributed by atoms with van der Waals surface area (Å²) in [4.78, 5) is 10.3. The van der Waals surface area contributed by atoms with Crippen LogP contribution in [0.25, 0.3) is 0 Å². The molecule has 2 amide bonds. The number of carbonyl (C=O) groups is 1. The molecule has 0 unspecified atom stereocenters. The number of rotatable bonds is 5. The van der Waals surface area contributed by atoms with Crippen molar-refractivity contribution in [1.29, 1.82) is 0 Å². The lowest BCUT2D eigenvalue weighted by Crippen LogP contribution is -2.35. The second-order valence-electron chi connectivity index (χ2n) is 2.53. The molecule has 0 atom stereocenters. The third kappa shape index (κ3) is 4.12. The first-order chi connectivity index (χ1) is 6.29. The molecule has 1 aromatic rings. The molecule has 0 aliphatic carbocycles. The molecule has 1 heterocycles. The number of hydrogen-bond acceptors (Lipinski definition) is 3. The zero-order valence-electron chi connectivity index (χ0n) is 7.21. The maximum atomic E-state index is 10.3. The smallest absolute Gasteiger partial charge is 0.312 e. The molecule has 0 aliphatic rings. The Morgan fingerprint density at radius 2 is 2.46 bits per heavy atom. The van der Waals surface area contributed by atoms with Crippen molar-refractivity contribution in [3.63, 3.8) is 0 Å². The number of nitrogens with two attached hydrogens (primary N) is 1. The fourth-order valence-corrected chi connectivity index (χ4v) is 0.880. The van der Waals surface area contributed by atoms with E-state index in [1.165, 1.54) is 0 Å². The molecule has 0 aromatic carbocycles. The number of urea groups is 1. The maximum absolute atomic E-state index is 10.3. The van der Waals surface area contributed by atoms with Crippen molar-refractivity contribution in [2.45, 2.75) is 6.54 Å². The van der Waals surface area contributed by atoms with Gasteiger partial charge in [0, 0.05) is 25.8 Å². The highest BCUT2D eigenvalue weighted by Gasteiger charge is 1.93. The molecule has 1 aromatic heterocycles. The van der Waals surface area contributed by atoms with Gasteiger partial charge in [0.2, 0.25) is 0 Å². The monoisotopic (exact) mass is 183 g/mol. The van der Waals surface area contributed by atoms with Crippen molar-refractivity contribution < 1.29 is 4.79 Å². The summed E-state index contributed by atoms with van der Waals surface area (Å²) in [6, 6.07) is 1.38. The Balaban J connectivity index is 1.99. The van der Waals surface area contributed by atoms with E-state index < -0.39 is 6.03 Å². The van der Waals surface area contributed by atoms with Crippen LogP contribution in [-0.2, 0) is 6.54 Å². The summed E-state index contributed by atoms with van der Waals surface area (Å²) in [5.41, 5.74) is 5.82. The van der Waals surface area contributed by atoms with Gasteiger partial charge in [0.15, 0.2) is 0 Å². The zero-order valence-corrected chi connectivity index (χ0v) is 7.21. The molecule has 6 heteroatoms. The van der Waals surface area contributed by atoms with Crippen LogP contribution in [0.3, 0.4) is 0 Å². The summed E-state index contributed by atoms with van der Waals surface area (Å²) in [6.07, 6.45) is 1.76. The quantitative estimate of drug-likeness (QED) is 0.448. The Morgan fingerprint density at radius 1 is 1.62 bits per heavy atom. The normalized spacial score (nSPS) is 9.85. The summed E-state index contributed by atoms with van der Waals surface area (Å²) in [6.45, 7) is 1.89. The Hall–Kier alpha value is -1.56. The van der Waals surface area contributed by atoms with E-state index in [0.717, 1.165) is 5.69 Å². The van der Waals surface area contributed by atoms with E-state index in [1.54, 1.807) is 6.20 Å². The molecule has 0 saturated carbocycles. The van der Waals surface area contributed by atoms with E-state index >= 15 is 0 Å². The van der Waals surface area contributed by atoms with Crippen molar-refractivity contribution in [3.05, 3.63) is 18.0 Å². The van der Waals surface area contributed by atoms with E-state index in [9.17, 15) is 4.79 Å². The highest BCUT2D eigenvalue weighted by molar-refractivity contribution is 5.71. The number of nitrogens with zero attached hydrogens (tertiary/aromatic N) is 1. The molecule has 0 saturated heterocycles. The van der Waals surface area contributed by atoms with Crippen LogP contribution >= 0.6 is 0 Å². The summed E-state index contributed by atoms with van der Waals surface area (Å²) in [5, 5.41) is 12.2. The van der Waals surface area contributed by atoms with Gasteiger partial charge in [-0.3, -0.25) is 5.10 Å². The van der Waals surface area contributed by atoms with E-state index in [2.05, 4.69) is 20.8 Å². The molecular formula is C7H13N5O. The number of aromatic nitrogens is 2. The van der Waals surface area contributed by atoms with Gasteiger partial charge in [-0.05, 0) is 6.07 Å². The van der Waals surface area contributed by atoms with Gasteiger partial charge in [0.1, 0.15) is 0 Å². The first-order valence-electron chi connectivity index (χ1n) is 4.01. The minimum absolute atomic E-state index is 0.499. The Morgan fingerprint density at radius 3 is 3.08 bits per heavy atom. The highest BCUT2D eigenvalue weighted by atomic mass is 16.2. The molecule has 72 valence electrons. The summed E-state index contributed by atoms with van der Waals surface area (Å²) < 4.78 is 0. The van der Waals surface area contributed by atoms with E-state index in [1.807, 2.05) is 6.07 Å². The molecule has 6 nitrogen and oxygen atoms in total. The van der Waals surface area contributed by atoms with Gasteiger partial charge in [-0.15, -0.1) is 0 Å². The number of aromatic amines is 1. The van der Waals surface area contributed by atoms with Gasteiger partial charge >= 0.3 is 6.03 Å². The number of amides is 2. The molecule has 1 rings (SSSR count). The zero-order chi connectivity index (χ0) is 9.52. The van der Waals surface area contributed by atoms with Gasteiger partial charge in [-0.25, -0.2) is 4.79 Å². The second-order valence-corrected chi connectivity index (χ2v) is 2.53. The minimum atomic E-state index is -0.499. The van der Waals surface area contributed by atoms with Crippen LogP contribution in [-0.4, -0.2) is 29.3 Å². The number of carbonyl (C=O) groups excluding carboxylic acids is 1. The van der Waals surface area contributed by atoms with Crippen molar-refractivity contribution in [2.24, 2.45) is 5.73 Å². The fraction of sp³-hybridized carbons (Fsp3) is 0.429. The first-order valence-corrected chi connectivity index (χ1v) is 4.01. The average molecular weight is 183 g/mol. The third-order valence-corrected chi connectivity index (χ3v) is 1.47. The summed E-state index contributed by atoms with van der Waals surface area (Å²) in [7, 11) is 0. The van der Waals surface area contributed by atoms with Gasteiger partial charge in [-0.2, -0.15) is 5.10 Å². The van der Waals surface area contributed by atoms with Gasteiger partial charge in [0.05, 0.1) is 5.69 Å². The van der Waals surface area contributed by atoms with Crippen LogP contribution in [0.4, 0.5) is 4.79 Å². The van der Waals surface area contributed by atoms with Crippen LogP contribution in [0.2, 0.25) is 0 Å². The van der Waals surface area contributed by atoms with E-state index in [-0.39, 0.29) is 0 Å². The number of H-pyrrole nitrogens is 1. The summed E-state index contributed by atoms with van der Waals surface area (Å²) in [5.74, 6) is 0. The topological polar surface area (TPSA) is 95.8 Å². The van der Waals surface area contributed by atoms with Crippen LogP contribution in [0.5, 0.6) is 0 Å². The highest BCUT2D eigenvalue weighted by Crippen LogP contribution is 1.88. The van der Waals surface area contributed by atoms with Crippen molar-refractivity contribution in [1.82, 2.24) is 20.8 Å². The number of primary amides is 1. The predicted molar refractivity (Wildman–Crippen MR) is 47.9 cm³/mol. The maximum Gasteiger partial charge on any atom is 0.312 e. The van der Waals surface area contributed by atoms with Crippen LogP contribution in [0.15, 0.2) is 12.3 Å². The lowest BCUT2D eigenvalue weighted by atomic mass is 10.4. The van der Waals surface area contributed by atoms with Crippen LogP contribution < -0.4 is 16.4 Å². The van der Waals surface area contributed by atoms with E-state index in [0.29, 0.717) is 19.6 Å². The summed E-state index contributed by atoms with van der Waals surface area (Å²) >= 11 is 0. The molecule has 5 N–H and O–H groups in total. The third-order valence-electron chi connectivity index (χ3n) is 1.47. The van der Waals surface area contributed by atoms with Gasteiger partial charge in [0.25, 0.3) is 0 Å². The van der Waals surface area contributed by atoms with Crippen LogP contribution in [0.1, 0.15) is 5.69 Å². The van der Waals surface area contributed by atoms with Crippen molar-refractivity contribution in [3.8, 4) is 0 Å². The molecular weight excluding hydrogens is 170 g/mol. The lowest BCUT2D eigenvalue weighted by Gasteiger charge is -2.02. The minimum Gasteiger partial charge on any atom is -0.352 e. The first kappa shape index (κ1) is 9.53. The molecule has 0 spiro atoms. The molecule has 0 bridgehead atoms. The van der Waals surface area contributed by atoms with E-state index in [4.69, 9.17) is 5.73 Å². The number of nitrogens with one attached hydrogen (secondary N) is 3. The second kappa shape index (κ2) is 5.15. The number of hydrogen-bond donors (Lipinski definition) is 4. The Kier molecular flexibility index (Phi) is 3.77. The molecule has 0 aliphatic heterocycles. The SMILES string of the molecule is NC(=O)NCCNCc1cc[nH]n1. The van der Waals surface area contributed by atoms with Gasteiger partial charge < -0.3 is 16.4 Å². The standard InChI is InChI=1S/C7H13N5O/c8-7(13)10-4-3-9-5-6-1-2-11-12-6/h1-2,9H,3-5H2,(H,11,12)(H3,8,10,13). The Bertz CT molecular complexity index is 245.